The van der Waals surface area contributed by atoms with Crippen molar-refractivity contribution in [2.75, 3.05) is 14.2 Å². The molecule has 0 radical (unpaired) electrons. The molecule has 1 aromatic carbocycles. The van der Waals surface area contributed by atoms with Crippen LogP contribution in [0.5, 0.6) is 11.5 Å². The molecule has 0 unspecified atom stereocenters. The fraction of sp³-hybridized carbons (Fsp3) is 0.364. The van der Waals surface area contributed by atoms with E-state index < -0.39 is 6.10 Å². The van der Waals surface area contributed by atoms with Crippen LogP contribution in [0.4, 0.5) is 0 Å². The molecule has 0 heterocycles. The molecule has 82 valence electrons. The Morgan fingerprint density at radius 3 is 2.53 bits per heavy atom. The number of phenols is 1. The fourth-order valence-corrected chi connectivity index (χ4v) is 1.39. The number of methoxy groups -OCH3 is 2. The van der Waals surface area contributed by atoms with Crippen LogP contribution in [-0.4, -0.2) is 25.1 Å². The van der Waals surface area contributed by atoms with Gasteiger partial charge in [0.15, 0.2) is 17.3 Å². The summed E-state index contributed by atoms with van der Waals surface area (Å²) in [7, 11) is 2.92. The van der Waals surface area contributed by atoms with E-state index in [1.54, 1.807) is 12.1 Å². The smallest absolute Gasteiger partial charge is 0.163 e. The second-order valence-corrected chi connectivity index (χ2v) is 3.16. The molecule has 1 atom stereocenters. The number of ether oxygens (including phenoxy) is 2. The van der Waals surface area contributed by atoms with Gasteiger partial charge in [0.2, 0.25) is 0 Å². The highest BCUT2D eigenvalue weighted by molar-refractivity contribution is 5.82. The number of hydrogen-bond donors (Lipinski definition) is 1. The van der Waals surface area contributed by atoms with Gasteiger partial charge in [-0.15, -0.1) is 0 Å². The molecular formula is C11H14O4. The van der Waals surface area contributed by atoms with E-state index in [4.69, 9.17) is 9.47 Å². The Hall–Kier alpha value is -1.55. The molecule has 0 aliphatic heterocycles. The molecule has 0 spiro atoms. The van der Waals surface area contributed by atoms with E-state index in [0.29, 0.717) is 11.3 Å². The lowest BCUT2D eigenvalue weighted by molar-refractivity contribution is -0.126. The van der Waals surface area contributed by atoms with Crippen molar-refractivity contribution in [1.29, 1.82) is 0 Å². The molecule has 1 rings (SSSR count). The van der Waals surface area contributed by atoms with Crippen LogP contribution in [0, 0.1) is 0 Å². The van der Waals surface area contributed by atoms with Crippen molar-refractivity contribution in [3.63, 3.8) is 0 Å². The second kappa shape index (κ2) is 4.79. The number of carbonyl (C=O) groups is 1. The maximum atomic E-state index is 11.2. The van der Waals surface area contributed by atoms with E-state index >= 15 is 0 Å². The molecule has 0 amide bonds. The minimum atomic E-state index is -0.612. The van der Waals surface area contributed by atoms with Gasteiger partial charge in [0.05, 0.1) is 7.11 Å². The Bertz CT molecular complexity index is 360. The van der Waals surface area contributed by atoms with Crippen molar-refractivity contribution in [2.24, 2.45) is 0 Å². The summed E-state index contributed by atoms with van der Waals surface area (Å²) >= 11 is 0. The van der Waals surface area contributed by atoms with Gasteiger partial charge in [-0.2, -0.15) is 0 Å². The third kappa shape index (κ3) is 2.47. The minimum Gasteiger partial charge on any atom is -0.504 e. The van der Waals surface area contributed by atoms with Gasteiger partial charge in [-0.25, -0.2) is 0 Å². The molecule has 0 aliphatic carbocycles. The van der Waals surface area contributed by atoms with Crippen LogP contribution >= 0.6 is 0 Å². The van der Waals surface area contributed by atoms with Crippen molar-refractivity contribution >= 4 is 5.78 Å². The Balaban J connectivity index is 3.09. The largest absolute Gasteiger partial charge is 0.504 e. The summed E-state index contributed by atoms with van der Waals surface area (Å²) in [6.07, 6.45) is -0.612. The SMILES string of the molecule is COc1cc([C@@H](OC)C(C)=O)ccc1O. The third-order valence-electron chi connectivity index (χ3n) is 2.11. The highest BCUT2D eigenvalue weighted by Crippen LogP contribution is 2.30. The normalized spacial score (nSPS) is 12.2. The molecule has 1 aromatic rings. The molecule has 0 saturated carbocycles. The lowest BCUT2D eigenvalue weighted by Crippen LogP contribution is -2.10. The summed E-state index contributed by atoms with van der Waals surface area (Å²) in [5.74, 6) is 0.278. The molecule has 0 aliphatic rings. The van der Waals surface area contributed by atoms with Gasteiger partial charge in [0.25, 0.3) is 0 Å². The first-order valence-electron chi connectivity index (χ1n) is 4.50. The predicted octanol–water partition coefficient (Wildman–Crippen LogP) is 1.68. The third-order valence-corrected chi connectivity index (χ3v) is 2.11. The summed E-state index contributed by atoms with van der Waals surface area (Å²) in [4.78, 5) is 11.2. The van der Waals surface area contributed by atoms with E-state index in [1.165, 1.54) is 27.2 Å². The lowest BCUT2D eigenvalue weighted by atomic mass is 10.1. The molecule has 0 bridgehead atoms. The van der Waals surface area contributed by atoms with Gasteiger partial charge in [-0.3, -0.25) is 4.79 Å². The second-order valence-electron chi connectivity index (χ2n) is 3.16. The number of Topliss-reactive ketones (excluding diaryl/α,β-unsaturated/α-hetero) is 1. The van der Waals surface area contributed by atoms with Gasteiger partial charge < -0.3 is 14.6 Å². The summed E-state index contributed by atoms with van der Waals surface area (Å²) in [6, 6.07) is 4.70. The summed E-state index contributed by atoms with van der Waals surface area (Å²) in [5.41, 5.74) is 0.666. The lowest BCUT2D eigenvalue weighted by Gasteiger charge is -2.13. The fourth-order valence-electron chi connectivity index (χ4n) is 1.39. The molecule has 15 heavy (non-hydrogen) atoms. The predicted molar refractivity (Wildman–Crippen MR) is 55.1 cm³/mol. The van der Waals surface area contributed by atoms with E-state index in [9.17, 15) is 9.90 Å². The zero-order valence-corrected chi connectivity index (χ0v) is 8.98. The quantitative estimate of drug-likeness (QED) is 0.821. The van der Waals surface area contributed by atoms with Gasteiger partial charge in [-0.05, 0) is 24.6 Å². The molecular weight excluding hydrogens is 196 g/mol. The van der Waals surface area contributed by atoms with Gasteiger partial charge in [0, 0.05) is 7.11 Å². The highest BCUT2D eigenvalue weighted by atomic mass is 16.5. The Kier molecular flexibility index (Phi) is 3.68. The first-order chi connectivity index (χ1) is 7.10. The van der Waals surface area contributed by atoms with Crippen molar-refractivity contribution < 1.29 is 19.4 Å². The number of benzene rings is 1. The van der Waals surface area contributed by atoms with Crippen LogP contribution in [0.15, 0.2) is 18.2 Å². The van der Waals surface area contributed by atoms with E-state index in [2.05, 4.69) is 0 Å². The first kappa shape index (κ1) is 11.5. The van der Waals surface area contributed by atoms with E-state index in [-0.39, 0.29) is 11.5 Å². The van der Waals surface area contributed by atoms with Crippen molar-refractivity contribution in [3.8, 4) is 11.5 Å². The van der Waals surface area contributed by atoms with Crippen molar-refractivity contribution in [1.82, 2.24) is 0 Å². The molecule has 4 heteroatoms. The number of phenolic OH excluding ortho intramolecular Hbond substituents is 1. The summed E-state index contributed by atoms with van der Waals surface area (Å²) in [5, 5.41) is 9.38. The Morgan fingerprint density at radius 2 is 2.07 bits per heavy atom. The number of carbonyl (C=O) groups excluding carboxylic acids is 1. The molecule has 4 nitrogen and oxygen atoms in total. The summed E-state index contributed by atoms with van der Waals surface area (Å²) < 4.78 is 9.99. The average molecular weight is 210 g/mol. The van der Waals surface area contributed by atoms with Crippen LogP contribution in [-0.2, 0) is 9.53 Å². The number of aromatic hydroxyl groups is 1. The number of rotatable bonds is 4. The van der Waals surface area contributed by atoms with Gasteiger partial charge >= 0.3 is 0 Å². The maximum Gasteiger partial charge on any atom is 0.163 e. The van der Waals surface area contributed by atoms with Crippen molar-refractivity contribution in [2.45, 2.75) is 13.0 Å². The standard InChI is InChI=1S/C11H14O4/c1-7(12)11(15-3)8-4-5-9(13)10(6-8)14-2/h4-6,11,13H,1-3H3/t11-/m0/s1. The van der Waals surface area contributed by atoms with Gasteiger partial charge in [-0.1, -0.05) is 6.07 Å². The van der Waals surface area contributed by atoms with Crippen LogP contribution in [0.3, 0.4) is 0 Å². The highest BCUT2D eigenvalue weighted by Gasteiger charge is 2.17. The molecule has 1 N–H and O–H groups in total. The first-order valence-corrected chi connectivity index (χ1v) is 4.50. The Labute approximate surface area is 88.4 Å². The average Bonchev–Trinajstić information content (AvgIpc) is 2.21. The monoisotopic (exact) mass is 210 g/mol. The molecule has 0 fully saturated rings. The zero-order chi connectivity index (χ0) is 11.4. The summed E-state index contributed by atoms with van der Waals surface area (Å²) in [6.45, 7) is 1.45. The number of hydrogen-bond acceptors (Lipinski definition) is 4. The zero-order valence-electron chi connectivity index (χ0n) is 8.98. The van der Waals surface area contributed by atoms with Gasteiger partial charge in [0.1, 0.15) is 6.10 Å². The number of ketones is 1. The van der Waals surface area contributed by atoms with Crippen LogP contribution in [0.1, 0.15) is 18.6 Å². The topological polar surface area (TPSA) is 55.8 Å². The van der Waals surface area contributed by atoms with Crippen LogP contribution in [0.2, 0.25) is 0 Å². The molecule has 0 saturated heterocycles. The van der Waals surface area contributed by atoms with Crippen molar-refractivity contribution in [3.05, 3.63) is 23.8 Å². The Morgan fingerprint density at radius 1 is 1.40 bits per heavy atom. The van der Waals surface area contributed by atoms with E-state index in [0.717, 1.165) is 0 Å². The van der Waals surface area contributed by atoms with E-state index in [1.807, 2.05) is 0 Å². The van der Waals surface area contributed by atoms with Crippen LogP contribution < -0.4 is 4.74 Å². The minimum absolute atomic E-state index is 0.0413. The maximum absolute atomic E-state index is 11.2. The molecule has 0 aromatic heterocycles. The van der Waals surface area contributed by atoms with Crippen LogP contribution in [0.25, 0.3) is 0 Å².